The summed E-state index contributed by atoms with van der Waals surface area (Å²) < 4.78 is 0. The summed E-state index contributed by atoms with van der Waals surface area (Å²) in [6.45, 7) is 1.80. The number of nitrogens with zero attached hydrogens (tertiary/aromatic N) is 3. The van der Waals surface area contributed by atoms with E-state index in [4.69, 9.17) is 0 Å². The van der Waals surface area contributed by atoms with Gasteiger partial charge in [0, 0.05) is 30.5 Å². The van der Waals surface area contributed by atoms with Crippen molar-refractivity contribution in [3.8, 4) is 0 Å². The van der Waals surface area contributed by atoms with Gasteiger partial charge < -0.3 is 0 Å². The molecule has 0 N–H and O–H groups in total. The highest BCUT2D eigenvalue weighted by Crippen LogP contribution is 2.33. The van der Waals surface area contributed by atoms with E-state index in [0.717, 1.165) is 5.56 Å². The number of hydrazone groups is 1. The maximum absolute atomic E-state index is 12.3. The Balaban J connectivity index is 1.97. The molecule has 0 saturated carbocycles. The maximum Gasteiger partial charge on any atom is 0.270 e. The highest BCUT2D eigenvalue weighted by atomic mass is 16.6. The molecule has 1 aliphatic rings. The van der Waals surface area contributed by atoms with Crippen molar-refractivity contribution in [3.63, 3.8) is 0 Å². The molecule has 2 aromatic carbocycles. The van der Waals surface area contributed by atoms with E-state index in [0.29, 0.717) is 24.1 Å². The van der Waals surface area contributed by atoms with Gasteiger partial charge in [0.05, 0.1) is 16.7 Å². The fourth-order valence-corrected chi connectivity index (χ4v) is 2.81. The number of benzene rings is 2. The average Bonchev–Trinajstić information content (AvgIpc) is 3.07. The van der Waals surface area contributed by atoms with Gasteiger partial charge >= 0.3 is 0 Å². The van der Waals surface area contributed by atoms with Gasteiger partial charge in [0.15, 0.2) is 0 Å². The monoisotopic (exact) mass is 323 g/mol. The smallest absolute Gasteiger partial charge is 0.270 e. The first-order valence-electron chi connectivity index (χ1n) is 7.79. The minimum atomic E-state index is -0.428. The van der Waals surface area contributed by atoms with Crippen molar-refractivity contribution in [2.24, 2.45) is 5.10 Å². The SMILES string of the molecule is CCC(=O)N1N=C(c2cccc([N+](=O)[O-])c2)C[C@H]1c1ccccc1. The van der Waals surface area contributed by atoms with Crippen LogP contribution in [0.5, 0.6) is 0 Å². The molecule has 3 rings (SSSR count). The molecule has 1 aliphatic heterocycles. The van der Waals surface area contributed by atoms with Crippen LogP contribution in [0.4, 0.5) is 5.69 Å². The zero-order chi connectivity index (χ0) is 17.1. The largest absolute Gasteiger partial charge is 0.273 e. The number of hydrogen-bond donors (Lipinski definition) is 0. The number of nitro benzene ring substituents is 1. The summed E-state index contributed by atoms with van der Waals surface area (Å²) in [5.74, 6) is -0.0655. The minimum absolute atomic E-state index is 0.0201. The molecular weight excluding hydrogens is 306 g/mol. The summed E-state index contributed by atoms with van der Waals surface area (Å²) in [4.78, 5) is 22.8. The standard InChI is InChI=1S/C18H17N3O3/c1-2-18(22)20-17(13-7-4-3-5-8-13)12-16(19-20)14-9-6-10-15(11-14)21(23)24/h3-11,17H,2,12H2,1H3/t17-/m0/s1. The van der Waals surface area contributed by atoms with Crippen LogP contribution in [0.15, 0.2) is 59.7 Å². The van der Waals surface area contributed by atoms with E-state index in [9.17, 15) is 14.9 Å². The Hall–Kier alpha value is -3.02. The Morgan fingerprint density at radius 3 is 2.67 bits per heavy atom. The molecule has 1 amide bonds. The first-order valence-corrected chi connectivity index (χ1v) is 7.79. The average molecular weight is 323 g/mol. The third-order valence-corrected chi connectivity index (χ3v) is 4.04. The second-order valence-corrected chi connectivity index (χ2v) is 5.58. The molecule has 0 aliphatic carbocycles. The molecule has 0 saturated heterocycles. The predicted molar refractivity (Wildman–Crippen MR) is 90.6 cm³/mol. The van der Waals surface area contributed by atoms with Crippen LogP contribution in [0.3, 0.4) is 0 Å². The zero-order valence-corrected chi connectivity index (χ0v) is 13.3. The Morgan fingerprint density at radius 1 is 1.25 bits per heavy atom. The third-order valence-electron chi connectivity index (χ3n) is 4.04. The van der Waals surface area contributed by atoms with Crippen LogP contribution in [0, 0.1) is 10.1 Å². The molecule has 0 bridgehead atoms. The van der Waals surface area contributed by atoms with Crippen LogP contribution < -0.4 is 0 Å². The normalized spacial score (nSPS) is 16.8. The Kier molecular flexibility index (Phi) is 4.37. The summed E-state index contributed by atoms with van der Waals surface area (Å²) in [6, 6.07) is 15.9. The van der Waals surface area contributed by atoms with Crippen molar-refractivity contribution in [2.45, 2.75) is 25.8 Å². The van der Waals surface area contributed by atoms with E-state index in [-0.39, 0.29) is 17.6 Å². The van der Waals surface area contributed by atoms with Crippen molar-refractivity contribution in [1.82, 2.24) is 5.01 Å². The molecule has 122 valence electrons. The Labute approximate surface area is 139 Å². The van der Waals surface area contributed by atoms with Crippen LogP contribution in [-0.2, 0) is 4.79 Å². The van der Waals surface area contributed by atoms with E-state index in [1.807, 2.05) is 30.3 Å². The zero-order valence-electron chi connectivity index (χ0n) is 13.3. The molecular formula is C18H17N3O3. The van der Waals surface area contributed by atoms with Crippen molar-refractivity contribution >= 4 is 17.3 Å². The lowest BCUT2D eigenvalue weighted by Gasteiger charge is -2.21. The lowest BCUT2D eigenvalue weighted by molar-refractivity contribution is -0.384. The third kappa shape index (κ3) is 3.03. The number of rotatable bonds is 4. The second kappa shape index (κ2) is 6.62. The van der Waals surface area contributed by atoms with Gasteiger partial charge in [0.25, 0.3) is 5.69 Å². The summed E-state index contributed by atoms with van der Waals surface area (Å²) in [6.07, 6.45) is 0.895. The van der Waals surface area contributed by atoms with Gasteiger partial charge in [-0.25, -0.2) is 5.01 Å². The van der Waals surface area contributed by atoms with Gasteiger partial charge in [-0.2, -0.15) is 5.10 Å². The van der Waals surface area contributed by atoms with Gasteiger partial charge in [-0.3, -0.25) is 14.9 Å². The summed E-state index contributed by atoms with van der Waals surface area (Å²) >= 11 is 0. The molecule has 0 unspecified atom stereocenters. The van der Waals surface area contributed by atoms with Gasteiger partial charge in [-0.05, 0) is 5.56 Å². The van der Waals surface area contributed by atoms with Crippen LogP contribution in [0.25, 0.3) is 0 Å². The molecule has 6 nitrogen and oxygen atoms in total. The summed E-state index contributed by atoms with van der Waals surface area (Å²) in [5.41, 5.74) is 2.39. The molecule has 2 aromatic rings. The van der Waals surface area contributed by atoms with E-state index >= 15 is 0 Å². The van der Waals surface area contributed by atoms with E-state index in [1.165, 1.54) is 17.1 Å². The minimum Gasteiger partial charge on any atom is -0.273 e. The molecule has 1 atom stereocenters. The van der Waals surface area contributed by atoms with Crippen LogP contribution in [-0.4, -0.2) is 21.6 Å². The Morgan fingerprint density at radius 2 is 2.00 bits per heavy atom. The summed E-state index contributed by atoms with van der Waals surface area (Å²) in [7, 11) is 0. The molecule has 6 heteroatoms. The van der Waals surface area contributed by atoms with Crippen molar-refractivity contribution in [1.29, 1.82) is 0 Å². The number of carbonyl (C=O) groups excluding carboxylic acids is 1. The highest BCUT2D eigenvalue weighted by Gasteiger charge is 2.32. The van der Waals surface area contributed by atoms with Crippen molar-refractivity contribution in [2.75, 3.05) is 0 Å². The fourth-order valence-electron chi connectivity index (χ4n) is 2.81. The van der Waals surface area contributed by atoms with Gasteiger partial charge in [-0.15, -0.1) is 0 Å². The highest BCUT2D eigenvalue weighted by molar-refractivity contribution is 6.03. The van der Waals surface area contributed by atoms with Gasteiger partial charge in [-0.1, -0.05) is 49.4 Å². The van der Waals surface area contributed by atoms with E-state index in [1.54, 1.807) is 19.1 Å². The molecule has 0 aromatic heterocycles. The number of carbonyl (C=O) groups is 1. The maximum atomic E-state index is 12.3. The van der Waals surface area contributed by atoms with Crippen molar-refractivity contribution < 1.29 is 9.72 Å². The van der Waals surface area contributed by atoms with Crippen LogP contribution in [0.1, 0.15) is 36.9 Å². The lowest BCUT2D eigenvalue weighted by atomic mass is 9.98. The van der Waals surface area contributed by atoms with E-state index in [2.05, 4.69) is 5.10 Å². The topological polar surface area (TPSA) is 75.8 Å². The van der Waals surface area contributed by atoms with Crippen molar-refractivity contribution in [3.05, 3.63) is 75.8 Å². The Bertz CT molecular complexity index is 802. The number of hydrogen-bond acceptors (Lipinski definition) is 4. The summed E-state index contributed by atoms with van der Waals surface area (Å²) in [5, 5.41) is 16.9. The molecule has 0 fully saturated rings. The first kappa shape index (κ1) is 15.9. The second-order valence-electron chi connectivity index (χ2n) is 5.58. The fraction of sp³-hybridized carbons (Fsp3) is 0.222. The predicted octanol–water partition coefficient (Wildman–Crippen LogP) is 3.68. The molecule has 1 heterocycles. The lowest BCUT2D eigenvalue weighted by Crippen LogP contribution is -2.26. The molecule has 0 radical (unpaired) electrons. The molecule has 24 heavy (non-hydrogen) atoms. The van der Waals surface area contributed by atoms with Crippen LogP contribution >= 0.6 is 0 Å². The van der Waals surface area contributed by atoms with Crippen LogP contribution in [0.2, 0.25) is 0 Å². The van der Waals surface area contributed by atoms with Gasteiger partial charge in [0.1, 0.15) is 0 Å². The number of amides is 1. The first-order chi connectivity index (χ1) is 11.6. The van der Waals surface area contributed by atoms with E-state index < -0.39 is 4.92 Å². The van der Waals surface area contributed by atoms with Gasteiger partial charge in [0.2, 0.25) is 5.91 Å². The number of non-ortho nitro benzene ring substituents is 1. The number of nitro groups is 1. The molecule has 0 spiro atoms. The quantitative estimate of drug-likeness (QED) is 0.636.